The summed E-state index contributed by atoms with van der Waals surface area (Å²) in [5.41, 5.74) is 9.99. The lowest BCUT2D eigenvalue weighted by Gasteiger charge is -2.21. The lowest BCUT2D eigenvalue weighted by atomic mass is 9.83. The molecule has 0 saturated carbocycles. The Morgan fingerprint density at radius 1 is 0.245 bits per heavy atom. The van der Waals surface area contributed by atoms with Gasteiger partial charge < -0.3 is 0 Å². The van der Waals surface area contributed by atoms with E-state index in [1.807, 2.05) is 0 Å². The third-order valence-electron chi connectivity index (χ3n) is 10.8. The van der Waals surface area contributed by atoms with Gasteiger partial charge >= 0.3 is 0 Å². The Kier molecular flexibility index (Phi) is 7.78. The maximum atomic E-state index is 2.53. The van der Waals surface area contributed by atoms with E-state index in [1.165, 1.54) is 98.0 Å². The van der Waals surface area contributed by atoms with Gasteiger partial charge in [-0.2, -0.15) is 0 Å². The predicted octanol–water partition coefficient (Wildman–Crippen LogP) is 12.1. The highest BCUT2D eigenvalue weighted by Gasteiger charge is 2.20. The van der Waals surface area contributed by atoms with Crippen molar-refractivity contribution in [3.05, 3.63) is 206 Å². The predicted molar refractivity (Wildman–Crippen MR) is 232 cm³/mol. The van der Waals surface area contributed by atoms with Gasteiger partial charge in [-0.15, -0.1) is 0 Å². The summed E-state index contributed by atoms with van der Waals surface area (Å²) in [5.74, 6) is 0. The van der Waals surface area contributed by atoms with Gasteiger partial charge in [0.15, 0.2) is 0 Å². The monoisotopic (exact) mass is 688 g/mol. The average molecular weight is 689 g/mol. The van der Waals surface area contributed by atoms with Gasteiger partial charge in [-0.3, -0.25) is 0 Å². The highest BCUT2D eigenvalue weighted by molar-refractivity contribution is 6.67. The van der Waals surface area contributed by atoms with Crippen molar-refractivity contribution in [2.24, 2.45) is 0 Å². The maximum Gasteiger partial charge on any atom is 0.0875 e. The number of benzene rings is 10. The van der Waals surface area contributed by atoms with Crippen molar-refractivity contribution < 1.29 is 0 Å². The fourth-order valence-corrected chi connectivity index (χ4v) is 9.92. The molecule has 0 aromatic heterocycles. The molecule has 10 aromatic carbocycles. The van der Waals surface area contributed by atoms with E-state index >= 15 is 0 Å². The largest absolute Gasteiger partial charge is 0.0875 e. The summed E-state index contributed by atoms with van der Waals surface area (Å²) in [5, 5.41) is 13.2. The van der Waals surface area contributed by atoms with Crippen molar-refractivity contribution >= 4 is 63.0 Å². The summed E-state index contributed by atoms with van der Waals surface area (Å²) in [7, 11) is -0.705. The third-order valence-corrected chi connectivity index (χ3v) is 12.5. The second-order valence-corrected chi connectivity index (χ2v) is 16.0. The zero-order valence-electron chi connectivity index (χ0n) is 29.3. The lowest BCUT2D eigenvalue weighted by molar-refractivity contribution is 1.58. The zero-order valence-corrected chi connectivity index (χ0v) is 30.8. The minimum absolute atomic E-state index is 0.705. The van der Waals surface area contributed by atoms with E-state index in [2.05, 4.69) is 206 Å². The molecule has 0 heterocycles. The van der Waals surface area contributed by atoms with Gasteiger partial charge in [-0.25, -0.2) is 0 Å². The minimum Gasteiger partial charge on any atom is -0.0633 e. The van der Waals surface area contributed by atoms with Crippen LogP contribution < -0.4 is 10.4 Å². The summed E-state index contributed by atoms with van der Waals surface area (Å²) in [6, 6.07) is 76.5. The average Bonchev–Trinajstić information content (AvgIpc) is 3.23. The van der Waals surface area contributed by atoms with Crippen molar-refractivity contribution in [2.45, 2.75) is 0 Å². The SMILES string of the molecule is c1ccc([SiH2]c2ccc3c(-c4cc5ccccc5c5ccccc45)c4ccccc4c(-c4cc(-c5ccccc5)cc(-c5ccccc5)c4)c3c2)cc1. The Balaban J connectivity index is 1.34. The van der Waals surface area contributed by atoms with Gasteiger partial charge in [0.05, 0.1) is 9.52 Å². The molecule has 0 unspecified atom stereocenters. The van der Waals surface area contributed by atoms with Gasteiger partial charge in [-0.1, -0.05) is 192 Å². The molecule has 0 aliphatic heterocycles. The maximum absolute atomic E-state index is 2.53. The summed E-state index contributed by atoms with van der Waals surface area (Å²) in [4.78, 5) is 0. The third kappa shape index (κ3) is 5.63. The molecule has 0 bridgehead atoms. The van der Waals surface area contributed by atoms with Crippen LogP contribution in [0.3, 0.4) is 0 Å². The van der Waals surface area contributed by atoms with Crippen molar-refractivity contribution in [3.8, 4) is 44.5 Å². The van der Waals surface area contributed by atoms with Crippen molar-refractivity contribution in [3.63, 3.8) is 0 Å². The normalized spacial score (nSPS) is 11.7. The molecule has 0 saturated heterocycles. The number of hydrogen-bond donors (Lipinski definition) is 0. The van der Waals surface area contributed by atoms with Gasteiger partial charge in [0.2, 0.25) is 0 Å². The molecule has 0 aliphatic rings. The van der Waals surface area contributed by atoms with E-state index in [4.69, 9.17) is 0 Å². The molecule has 1 heteroatoms. The summed E-state index contributed by atoms with van der Waals surface area (Å²) >= 11 is 0. The van der Waals surface area contributed by atoms with Crippen molar-refractivity contribution in [1.29, 1.82) is 0 Å². The molecule has 0 nitrogen and oxygen atoms in total. The quantitative estimate of drug-likeness (QED) is 0.0927. The first-order valence-electron chi connectivity index (χ1n) is 18.5. The van der Waals surface area contributed by atoms with Crippen LogP contribution >= 0.6 is 0 Å². The van der Waals surface area contributed by atoms with Gasteiger partial charge in [0.1, 0.15) is 0 Å². The molecule has 10 aromatic rings. The van der Waals surface area contributed by atoms with Crippen LogP contribution in [0.15, 0.2) is 206 Å². The number of rotatable bonds is 6. The topological polar surface area (TPSA) is 0 Å². The molecule has 0 fully saturated rings. The van der Waals surface area contributed by atoms with E-state index in [0.29, 0.717) is 0 Å². The molecule has 0 radical (unpaired) electrons. The molecular formula is C52H36Si. The highest BCUT2D eigenvalue weighted by Crippen LogP contribution is 2.47. The van der Waals surface area contributed by atoms with Crippen LogP contribution in [-0.4, -0.2) is 9.52 Å². The van der Waals surface area contributed by atoms with Crippen LogP contribution in [0.1, 0.15) is 0 Å². The van der Waals surface area contributed by atoms with E-state index < -0.39 is 9.52 Å². The fraction of sp³-hybridized carbons (Fsp3) is 0. The molecule has 0 aliphatic carbocycles. The fourth-order valence-electron chi connectivity index (χ4n) is 8.40. The summed E-state index contributed by atoms with van der Waals surface area (Å²) in [6.45, 7) is 0. The zero-order chi connectivity index (χ0) is 35.1. The highest BCUT2D eigenvalue weighted by atomic mass is 28.2. The van der Waals surface area contributed by atoms with Crippen LogP contribution in [0, 0.1) is 0 Å². The standard InChI is InChI=1S/C52H36Si/c1-4-16-35(17-5-1)38-30-39(36-18-6-2-7-19-36)32-40(31-38)51-46-26-14-15-27-47(46)52(48-29-28-42(34-50(48)51)53-41-21-8-3-9-22-41)49-33-37-20-10-11-23-43(37)44-24-12-13-25-45(44)49/h1-34H,53H2. The van der Waals surface area contributed by atoms with Crippen LogP contribution in [0.5, 0.6) is 0 Å². The van der Waals surface area contributed by atoms with Crippen LogP contribution in [0.2, 0.25) is 0 Å². The lowest BCUT2D eigenvalue weighted by Crippen LogP contribution is -2.26. The van der Waals surface area contributed by atoms with Crippen molar-refractivity contribution in [1.82, 2.24) is 0 Å². The first-order valence-corrected chi connectivity index (χ1v) is 19.9. The minimum atomic E-state index is -0.705. The van der Waals surface area contributed by atoms with E-state index in [1.54, 1.807) is 0 Å². The molecule has 0 N–H and O–H groups in total. The van der Waals surface area contributed by atoms with E-state index in [0.717, 1.165) is 0 Å². The molecule has 0 atom stereocenters. The van der Waals surface area contributed by atoms with Crippen molar-refractivity contribution in [2.75, 3.05) is 0 Å². The van der Waals surface area contributed by atoms with Gasteiger partial charge in [-0.05, 0) is 112 Å². The van der Waals surface area contributed by atoms with Gasteiger partial charge in [0.25, 0.3) is 0 Å². The molecule has 53 heavy (non-hydrogen) atoms. The Bertz CT molecular complexity index is 2890. The number of hydrogen-bond acceptors (Lipinski definition) is 0. The molecule has 248 valence electrons. The molecule has 0 amide bonds. The Labute approximate surface area is 312 Å². The first-order chi connectivity index (χ1) is 26.3. The summed E-state index contributed by atoms with van der Waals surface area (Å²) in [6.07, 6.45) is 0. The van der Waals surface area contributed by atoms with Crippen LogP contribution in [0.25, 0.3) is 87.6 Å². The molecular weight excluding hydrogens is 653 g/mol. The number of fused-ring (bicyclic) bond motifs is 5. The smallest absolute Gasteiger partial charge is 0.0633 e. The Morgan fingerprint density at radius 3 is 1.40 bits per heavy atom. The Morgan fingerprint density at radius 2 is 0.736 bits per heavy atom. The first kappa shape index (κ1) is 31.2. The second kappa shape index (κ2) is 13.2. The van der Waals surface area contributed by atoms with E-state index in [9.17, 15) is 0 Å². The van der Waals surface area contributed by atoms with Gasteiger partial charge in [0, 0.05) is 0 Å². The Hall–Kier alpha value is -6.54. The molecule has 0 spiro atoms. The summed E-state index contributed by atoms with van der Waals surface area (Å²) < 4.78 is 0. The van der Waals surface area contributed by atoms with Crippen LogP contribution in [-0.2, 0) is 0 Å². The second-order valence-electron chi connectivity index (χ2n) is 14.1. The molecule has 10 rings (SSSR count). The van der Waals surface area contributed by atoms with E-state index in [-0.39, 0.29) is 0 Å². The van der Waals surface area contributed by atoms with Crippen LogP contribution in [0.4, 0.5) is 0 Å².